The molecule has 0 aliphatic heterocycles. The van der Waals surface area contributed by atoms with Gasteiger partial charge in [0, 0.05) is 36.9 Å². The Bertz CT molecular complexity index is 2030. The molecule has 0 aliphatic rings. The van der Waals surface area contributed by atoms with Gasteiger partial charge in [-0.2, -0.15) is 5.26 Å². The molecule has 0 amide bonds. The Labute approximate surface area is 312 Å². The third-order valence-electron chi connectivity index (χ3n) is 8.88. The molecule has 1 aromatic heterocycles. The molecule has 0 bridgehead atoms. The Morgan fingerprint density at radius 3 is 1.83 bits per heavy atom. The maximum atomic E-state index is 13.1. The van der Waals surface area contributed by atoms with Crippen LogP contribution in [0.15, 0.2) is 119 Å². The van der Waals surface area contributed by atoms with Gasteiger partial charge in [-0.25, -0.2) is 4.79 Å². The summed E-state index contributed by atoms with van der Waals surface area (Å²) in [5.74, 6) is 1.44. The van der Waals surface area contributed by atoms with Crippen LogP contribution in [0.5, 0.6) is 11.5 Å². The number of hydrogen-bond acceptors (Lipinski definition) is 8. The fourth-order valence-corrected chi connectivity index (χ4v) is 8.70. The van der Waals surface area contributed by atoms with Crippen molar-refractivity contribution in [3.63, 3.8) is 0 Å². The second-order valence-electron chi connectivity index (χ2n) is 13.1. The van der Waals surface area contributed by atoms with Gasteiger partial charge in [-0.05, 0) is 91.9 Å². The van der Waals surface area contributed by atoms with E-state index in [0.29, 0.717) is 18.3 Å². The topological polar surface area (TPSA) is 119 Å². The Hall–Kier alpha value is -5.04. The Balaban J connectivity index is 1.62. The molecular formula is C42H47N4O6P. The highest BCUT2D eigenvalue weighted by Crippen LogP contribution is 2.46. The highest BCUT2D eigenvalue weighted by atomic mass is 31.2. The predicted octanol–water partition coefficient (Wildman–Crippen LogP) is 7.91. The summed E-state index contributed by atoms with van der Waals surface area (Å²) >= 11 is 0. The summed E-state index contributed by atoms with van der Waals surface area (Å²) in [5.41, 5.74) is 2.73. The molecule has 0 aliphatic carbocycles. The van der Waals surface area contributed by atoms with Crippen LogP contribution in [0.4, 0.5) is 0 Å². The summed E-state index contributed by atoms with van der Waals surface area (Å²) in [6.07, 6.45) is 2.46. The minimum atomic E-state index is -1.10. The number of aromatic nitrogens is 2. The molecule has 0 spiro atoms. The van der Waals surface area contributed by atoms with Crippen LogP contribution in [-0.2, 0) is 28.1 Å². The molecule has 1 heterocycles. The van der Waals surface area contributed by atoms with Gasteiger partial charge in [0.2, 0.25) is 0 Å². The quantitative estimate of drug-likeness (QED) is 0.0757. The van der Waals surface area contributed by atoms with E-state index in [1.807, 2.05) is 97.1 Å². The average molecular weight is 735 g/mol. The molecule has 0 radical (unpaired) electrons. The smallest absolute Gasteiger partial charge is 0.332 e. The van der Waals surface area contributed by atoms with Crippen LogP contribution in [0.1, 0.15) is 61.9 Å². The predicted molar refractivity (Wildman–Crippen MR) is 209 cm³/mol. The van der Waals surface area contributed by atoms with Gasteiger partial charge in [-0.15, -0.1) is 0 Å². The first-order chi connectivity index (χ1) is 25.6. The molecule has 5 rings (SSSR count). The fraction of sp³-hybridized carbons (Fsp3) is 0.310. The number of H-pyrrole nitrogens is 1. The van der Waals surface area contributed by atoms with E-state index in [9.17, 15) is 14.9 Å². The van der Waals surface area contributed by atoms with Gasteiger partial charge in [0.15, 0.2) is 0 Å². The molecule has 4 aromatic carbocycles. The molecule has 276 valence electrons. The number of nitrogens with zero attached hydrogens (tertiary/aromatic N) is 3. The van der Waals surface area contributed by atoms with Crippen molar-refractivity contribution in [2.24, 2.45) is 0 Å². The molecular weight excluding hydrogens is 687 g/mol. The Morgan fingerprint density at radius 2 is 1.32 bits per heavy atom. The first-order valence-corrected chi connectivity index (χ1v) is 19.0. The summed E-state index contributed by atoms with van der Waals surface area (Å²) in [6, 6.07) is 35.5. The molecule has 0 fully saturated rings. The SMILES string of the molecule is COc1ccc(C(OCc2cc(COP(CCC#N)N(C(C)C)C(C)C)cc(-n3ccc(=O)[nH]c3=O)c2)(c2ccccc2)c2ccc(OC)cc2)cc1. The zero-order valence-corrected chi connectivity index (χ0v) is 32.0. The lowest BCUT2D eigenvalue weighted by Crippen LogP contribution is -2.33. The monoisotopic (exact) mass is 734 g/mol. The molecule has 53 heavy (non-hydrogen) atoms. The van der Waals surface area contributed by atoms with Crippen molar-refractivity contribution in [1.82, 2.24) is 14.2 Å². The van der Waals surface area contributed by atoms with E-state index in [1.54, 1.807) is 14.2 Å². The lowest BCUT2D eigenvalue weighted by molar-refractivity contribution is 0.000145. The van der Waals surface area contributed by atoms with Crippen LogP contribution in [0.3, 0.4) is 0 Å². The maximum absolute atomic E-state index is 13.1. The molecule has 0 saturated heterocycles. The number of benzene rings is 4. The second kappa shape index (κ2) is 18.1. The summed E-state index contributed by atoms with van der Waals surface area (Å²) in [7, 11) is 2.17. The Morgan fingerprint density at radius 1 is 0.774 bits per heavy atom. The van der Waals surface area contributed by atoms with E-state index >= 15 is 0 Å². The van der Waals surface area contributed by atoms with Gasteiger partial charge in [-0.3, -0.25) is 19.0 Å². The number of hydrogen-bond donors (Lipinski definition) is 1. The number of nitrogens with one attached hydrogen (secondary N) is 1. The van der Waals surface area contributed by atoms with E-state index in [4.69, 9.17) is 18.7 Å². The van der Waals surface area contributed by atoms with Crippen LogP contribution in [-0.4, -0.2) is 46.7 Å². The second-order valence-corrected chi connectivity index (χ2v) is 15.0. The highest BCUT2D eigenvalue weighted by molar-refractivity contribution is 7.50. The standard InChI is InChI=1S/C42H47N4O6P/c1-30(2)46(31(3)4)53(24-10-22-43)52-29-33-25-32(26-37(27-33)45-23-21-40(47)44-41(45)48)28-51-42(34-11-8-7-9-12-34,35-13-17-38(49-5)18-14-35)36-15-19-39(50-6)20-16-36/h7-9,11-21,23,25-27,30-31H,10,24,28-29H2,1-6H3,(H,44,47,48). The van der Waals surface area contributed by atoms with Crippen LogP contribution < -0.4 is 20.7 Å². The lowest BCUT2D eigenvalue weighted by atomic mass is 9.80. The van der Waals surface area contributed by atoms with Crippen molar-refractivity contribution in [2.75, 3.05) is 20.4 Å². The zero-order valence-electron chi connectivity index (χ0n) is 31.1. The van der Waals surface area contributed by atoms with Gasteiger partial charge in [0.05, 0.1) is 39.2 Å². The third-order valence-corrected chi connectivity index (χ3v) is 11.4. The minimum absolute atomic E-state index is 0.138. The molecule has 1 N–H and O–H groups in total. The summed E-state index contributed by atoms with van der Waals surface area (Å²) < 4.78 is 28.6. The summed E-state index contributed by atoms with van der Waals surface area (Å²) in [5, 5.41) is 9.43. The van der Waals surface area contributed by atoms with Gasteiger partial charge in [-0.1, -0.05) is 60.7 Å². The molecule has 11 heteroatoms. The highest BCUT2D eigenvalue weighted by Gasteiger charge is 2.38. The number of nitriles is 1. The molecule has 10 nitrogen and oxygen atoms in total. The van der Waals surface area contributed by atoms with Crippen molar-refractivity contribution >= 4 is 8.30 Å². The molecule has 1 atom stereocenters. The minimum Gasteiger partial charge on any atom is -0.497 e. The number of ether oxygens (including phenoxy) is 3. The van der Waals surface area contributed by atoms with Crippen molar-refractivity contribution in [1.29, 1.82) is 5.26 Å². The number of rotatable bonds is 17. The van der Waals surface area contributed by atoms with Crippen molar-refractivity contribution in [2.45, 2.75) is 65.0 Å². The zero-order chi connectivity index (χ0) is 38.0. The normalized spacial score (nSPS) is 12.2. The maximum Gasteiger partial charge on any atom is 0.332 e. The van der Waals surface area contributed by atoms with E-state index in [-0.39, 0.29) is 25.3 Å². The first-order valence-electron chi connectivity index (χ1n) is 17.6. The largest absolute Gasteiger partial charge is 0.497 e. The van der Waals surface area contributed by atoms with E-state index < -0.39 is 25.1 Å². The van der Waals surface area contributed by atoms with Crippen LogP contribution in [0, 0.1) is 11.3 Å². The first kappa shape index (κ1) is 39.2. The van der Waals surface area contributed by atoms with Crippen molar-refractivity contribution < 1.29 is 18.7 Å². The van der Waals surface area contributed by atoms with Gasteiger partial charge in [0.1, 0.15) is 25.4 Å². The molecule has 1 unspecified atom stereocenters. The summed E-state index contributed by atoms with van der Waals surface area (Å²) in [4.78, 5) is 27.4. The van der Waals surface area contributed by atoms with E-state index in [1.165, 1.54) is 16.8 Å². The summed E-state index contributed by atoms with van der Waals surface area (Å²) in [6.45, 7) is 8.91. The van der Waals surface area contributed by atoms with Gasteiger partial charge >= 0.3 is 5.69 Å². The van der Waals surface area contributed by atoms with Crippen LogP contribution >= 0.6 is 8.30 Å². The fourth-order valence-electron chi connectivity index (χ4n) is 6.59. The molecule has 0 saturated carbocycles. The van der Waals surface area contributed by atoms with Gasteiger partial charge in [0.25, 0.3) is 5.56 Å². The lowest BCUT2D eigenvalue weighted by Gasteiger charge is -2.37. The number of aromatic amines is 1. The average Bonchev–Trinajstić information content (AvgIpc) is 3.16. The van der Waals surface area contributed by atoms with Gasteiger partial charge < -0.3 is 18.7 Å². The molecule has 5 aromatic rings. The third kappa shape index (κ3) is 9.31. The van der Waals surface area contributed by atoms with Crippen LogP contribution in [0.25, 0.3) is 5.69 Å². The van der Waals surface area contributed by atoms with Crippen molar-refractivity contribution in [3.8, 4) is 23.3 Å². The Kier molecular flexibility index (Phi) is 13.4. The van der Waals surface area contributed by atoms with E-state index in [0.717, 1.165) is 39.3 Å². The number of methoxy groups -OCH3 is 2. The van der Waals surface area contributed by atoms with E-state index in [2.05, 4.69) is 43.4 Å². The van der Waals surface area contributed by atoms with Crippen LogP contribution in [0.2, 0.25) is 0 Å². The van der Waals surface area contributed by atoms with Crippen molar-refractivity contribution in [3.05, 3.63) is 158 Å².